The molecule has 2 aromatic carbocycles. The molecule has 0 fully saturated rings. The molecule has 0 aliphatic heterocycles. The molecule has 0 heterocycles. The minimum absolute atomic E-state index is 0.816. The Morgan fingerprint density at radius 3 is 2.42 bits per heavy atom. The third-order valence-corrected chi connectivity index (χ3v) is 2.75. The van der Waals surface area contributed by atoms with Crippen molar-refractivity contribution in [3.05, 3.63) is 60.2 Å². The van der Waals surface area contributed by atoms with Crippen LogP contribution < -0.4 is 4.74 Å². The molecular weight excluding hydrogens is 240 g/mol. The van der Waals surface area contributed by atoms with Crippen LogP contribution >= 0.6 is 0 Å². The number of hydrogen-bond donors (Lipinski definition) is 1. The van der Waals surface area contributed by atoms with Gasteiger partial charge in [0.25, 0.3) is 0 Å². The standard InChI is InChI=1S/C16H14O3/c1-19-15-5-3-2-4-14(15)13-9-6-12(7-10-13)8-11-16(17)18/h2-11H,1H3,(H,17,18). The Morgan fingerprint density at radius 2 is 1.79 bits per heavy atom. The van der Waals surface area contributed by atoms with Crippen LogP contribution in [0.2, 0.25) is 0 Å². The van der Waals surface area contributed by atoms with E-state index in [1.54, 1.807) is 13.2 Å². The fourth-order valence-electron chi connectivity index (χ4n) is 1.82. The van der Waals surface area contributed by atoms with E-state index in [1.165, 1.54) is 0 Å². The lowest BCUT2D eigenvalue weighted by Crippen LogP contribution is -1.88. The number of ether oxygens (including phenoxy) is 1. The SMILES string of the molecule is COc1ccccc1-c1ccc(C=CC(=O)O)cc1. The van der Waals surface area contributed by atoms with Crippen LogP contribution in [0, 0.1) is 0 Å². The topological polar surface area (TPSA) is 46.5 Å². The van der Waals surface area contributed by atoms with E-state index in [0.717, 1.165) is 28.5 Å². The van der Waals surface area contributed by atoms with Crippen molar-refractivity contribution in [2.75, 3.05) is 7.11 Å². The van der Waals surface area contributed by atoms with Crippen molar-refractivity contribution in [2.24, 2.45) is 0 Å². The number of methoxy groups -OCH3 is 1. The predicted molar refractivity (Wildman–Crippen MR) is 75.1 cm³/mol. The molecule has 0 saturated heterocycles. The molecule has 0 unspecified atom stereocenters. The van der Waals surface area contributed by atoms with Gasteiger partial charge in [-0.25, -0.2) is 4.79 Å². The molecule has 0 radical (unpaired) electrons. The zero-order valence-corrected chi connectivity index (χ0v) is 10.5. The Morgan fingerprint density at radius 1 is 1.11 bits per heavy atom. The minimum Gasteiger partial charge on any atom is -0.496 e. The largest absolute Gasteiger partial charge is 0.496 e. The number of carboxylic acids is 1. The molecule has 0 bridgehead atoms. The van der Waals surface area contributed by atoms with Gasteiger partial charge >= 0.3 is 5.97 Å². The highest BCUT2D eigenvalue weighted by Crippen LogP contribution is 2.29. The van der Waals surface area contributed by atoms with E-state index in [-0.39, 0.29) is 0 Å². The van der Waals surface area contributed by atoms with E-state index < -0.39 is 5.97 Å². The number of hydrogen-bond acceptors (Lipinski definition) is 2. The summed E-state index contributed by atoms with van der Waals surface area (Å²) in [5, 5.41) is 8.57. The first-order valence-corrected chi connectivity index (χ1v) is 5.85. The fourth-order valence-corrected chi connectivity index (χ4v) is 1.82. The van der Waals surface area contributed by atoms with E-state index in [1.807, 2.05) is 48.5 Å². The van der Waals surface area contributed by atoms with Gasteiger partial charge in [-0.05, 0) is 23.3 Å². The Bertz CT molecular complexity index is 598. The first kappa shape index (κ1) is 12.9. The Balaban J connectivity index is 2.30. The normalized spacial score (nSPS) is 10.6. The third kappa shape index (κ3) is 3.22. The summed E-state index contributed by atoms with van der Waals surface area (Å²) in [7, 11) is 1.64. The van der Waals surface area contributed by atoms with E-state index in [9.17, 15) is 4.79 Å². The van der Waals surface area contributed by atoms with Gasteiger partial charge in [0.2, 0.25) is 0 Å². The first-order chi connectivity index (χ1) is 9.20. The van der Waals surface area contributed by atoms with Gasteiger partial charge in [-0.3, -0.25) is 0 Å². The average Bonchev–Trinajstić information content (AvgIpc) is 2.45. The molecule has 19 heavy (non-hydrogen) atoms. The smallest absolute Gasteiger partial charge is 0.328 e. The first-order valence-electron chi connectivity index (χ1n) is 5.85. The lowest BCUT2D eigenvalue weighted by atomic mass is 10.0. The molecule has 0 aliphatic carbocycles. The van der Waals surface area contributed by atoms with Crippen molar-refractivity contribution in [3.63, 3.8) is 0 Å². The second kappa shape index (κ2) is 5.87. The van der Waals surface area contributed by atoms with Crippen LogP contribution in [-0.2, 0) is 4.79 Å². The van der Waals surface area contributed by atoms with Crippen LogP contribution in [0.1, 0.15) is 5.56 Å². The van der Waals surface area contributed by atoms with Crippen molar-refractivity contribution < 1.29 is 14.6 Å². The maximum Gasteiger partial charge on any atom is 0.328 e. The molecular formula is C16H14O3. The highest BCUT2D eigenvalue weighted by molar-refractivity contribution is 5.85. The quantitative estimate of drug-likeness (QED) is 0.850. The molecule has 2 aromatic rings. The molecule has 96 valence electrons. The highest BCUT2D eigenvalue weighted by Gasteiger charge is 2.03. The number of carboxylic acid groups (broad SMARTS) is 1. The van der Waals surface area contributed by atoms with Crippen molar-refractivity contribution in [1.82, 2.24) is 0 Å². The molecule has 3 heteroatoms. The lowest BCUT2D eigenvalue weighted by molar-refractivity contribution is -0.131. The molecule has 2 rings (SSSR count). The summed E-state index contributed by atoms with van der Waals surface area (Å²) >= 11 is 0. The van der Waals surface area contributed by atoms with Crippen LogP contribution in [0.5, 0.6) is 5.75 Å². The van der Waals surface area contributed by atoms with Gasteiger partial charge in [-0.2, -0.15) is 0 Å². The summed E-state index contributed by atoms with van der Waals surface area (Å²) in [4.78, 5) is 10.4. The van der Waals surface area contributed by atoms with Gasteiger partial charge in [0.05, 0.1) is 7.11 Å². The van der Waals surface area contributed by atoms with Gasteiger partial charge < -0.3 is 9.84 Å². The van der Waals surface area contributed by atoms with Crippen molar-refractivity contribution in [1.29, 1.82) is 0 Å². The lowest BCUT2D eigenvalue weighted by Gasteiger charge is -2.08. The summed E-state index contributed by atoms with van der Waals surface area (Å²) in [6, 6.07) is 15.4. The maximum absolute atomic E-state index is 10.4. The molecule has 3 nitrogen and oxygen atoms in total. The van der Waals surface area contributed by atoms with Crippen LogP contribution in [-0.4, -0.2) is 18.2 Å². The van der Waals surface area contributed by atoms with Gasteiger partial charge in [-0.15, -0.1) is 0 Å². The highest BCUT2D eigenvalue weighted by atomic mass is 16.5. The number of para-hydroxylation sites is 1. The molecule has 1 N–H and O–H groups in total. The Hall–Kier alpha value is -2.55. The molecule has 0 aliphatic rings. The summed E-state index contributed by atoms with van der Waals surface area (Å²) in [6.45, 7) is 0. The third-order valence-electron chi connectivity index (χ3n) is 2.75. The second-order valence-corrected chi connectivity index (χ2v) is 3.99. The molecule has 0 saturated carbocycles. The van der Waals surface area contributed by atoms with E-state index in [4.69, 9.17) is 9.84 Å². The summed E-state index contributed by atoms with van der Waals surface area (Å²) in [6.07, 6.45) is 2.69. The van der Waals surface area contributed by atoms with Gasteiger partial charge in [0, 0.05) is 11.6 Å². The maximum atomic E-state index is 10.4. The zero-order valence-electron chi connectivity index (χ0n) is 10.5. The minimum atomic E-state index is -0.950. The van der Waals surface area contributed by atoms with Crippen molar-refractivity contribution in [2.45, 2.75) is 0 Å². The van der Waals surface area contributed by atoms with Crippen LogP contribution in [0.3, 0.4) is 0 Å². The number of carbonyl (C=O) groups is 1. The summed E-state index contributed by atoms with van der Waals surface area (Å²) in [5.41, 5.74) is 2.89. The molecule has 0 atom stereocenters. The van der Waals surface area contributed by atoms with Crippen molar-refractivity contribution >= 4 is 12.0 Å². The predicted octanol–water partition coefficient (Wildman–Crippen LogP) is 3.46. The number of aliphatic carboxylic acids is 1. The molecule has 0 amide bonds. The average molecular weight is 254 g/mol. The number of benzene rings is 2. The summed E-state index contributed by atoms with van der Waals surface area (Å²) < 4.78 is 5.32. The Labute approximate surface area is 111 Å². The Kier molecular flexibility index (Phi) is 3.98. The number of rotatable bonds is 4. The van der Waals surface area contributed by atoms with Gasteiger partial charge in [-0.1, -0.05) is 42.5 Å². The van der Waals surface area contributed by atoms with Crippen LogP contribution in [0.25, 0.3) is 17.2 Å². The monoisotopic (exact) mass is 254 g/mol. The molecule has 0 spiro atoms. The molecule has 0 aromatic heterocycles. The van der Waals surface area contributed by atoms with Gasteiger partial charge in [0.1, 0.15) is 5.75 Å². The fraction of sp³-hybridized carbons (Fsp3) is 0.0625. The van der Waals surface area contributed by atoms with Gasteiger partial charge in [0.15, 0.2) is 0 Å². The summed E-state index contributed by atoms with van der Waals surface area (Å²) in [5.74, 6) is -0.134. The van der Waals surface area contributed by atoms with E-state index in [2.05, 4.69) is 0 Å². The van der Waals surface area contributed by atoms with Crippen molar-refractivity contribution in [3.8, 4) is 16.9 Å². The van der Waals surface area contributed by atoms with Crippen LogP contribution in [0.4, 0.5) is 0 Å². The second-order valence-electron chi connectivity index (χ2n) is 3.99. The van der Waals surface area contributed by atoms with E-state index >= 15 is 0 Å². The van der Waals surface area contributed by atoms with Crippen LogP contribution in [0.15, 0.2) is 54.6 Å². The zero-order chi connectivity index (χ0) is 13.7. The van der Waals surface area contributed by atoms with E-state index in [0.29, 0.717) is 0 Å².